The number of likely N-dealkylation sites (tertiary alicyclic amines) is 1. The predicted molar refractivity (Wildman–Crippen MR) is 80.3 cm³/mol. The summed E-state index contributed by atoms with van der Waals surface area (Å²) in [7, 11) is 0. The smallest absolute Gasteiger partial charge is 0.0693 e. The van der Waals surface area contributed by atoms with Gasteiger partial charge in [-0.3, -0.25) is 0 Å². The van der Waals surface area contributed by atoms with Crippen LogP contribution in [-0.4, -0.2) is 47.8 Å². The maximum absolute atomic E-state index is 10.2. The number of aliphatic hydroxyl groups is 1. The van der Waals surface area contributed by atoms with Gasteiger partial charge in [0.2, 0.25) is 0 Å². The molecule has 2 fully saturated rings. The van der Waals surface area contributed by atoms with Crippen LogP contribution in [-0.2, 0) is 0 Å². The summed E-state index contributed by atoms with van der Waals surface area (Å²) < 4.78 is 0. The van der Waals surface area contributed by atoms with Crippen molar-refractivity contribution in [3.05, 3.63) is 0 Å². The van der Waals surface area contributed by atoms with Crippen molar-refractivity contribution in [1.82, 2.24) is 10.2 Å². The number of rotatable bonds is 4. The van der Waals surface area contributed by atoms with Crippen LogP contribution in [0.3, 0.4) is 0 Å². The van der Waals surface area contributed by atoms with E-state index >= 15 is 0 Å². The minimum Gasteiger partial charge on any atom is -0.392 e. The zero-order valence-corrected chi connectivity index (χ0v) is 12.8. The third kappa shape index (κ3) is 4.44. The lowest BCUT2D eigenvalue weighted by Gasteiger charge is -2.36. The van der Waals surface area contributed by atoms with E-state index in [1.54, 1.807) is 0 Å². The zero-order chi connectivity index (χ0) is 13.7. The van der Waals surface area contributed by atoms with Gasteiger partial charge < -0.3 is 15.3 Å². The van der Waals surface area contributed by atoms with Gasteiger partial charge in [-0.25, -0.2) is 0 Å². The van der Waals surface area contributed by atoms with E-state index in [9.17, 15) is 5.11 Å². The molecule has 0 amide bonds. The molecule has 0 aromatic heterocycles. The topological polar surface area (TPSA) is 35.5 Å². The lowest BCUT2D eigenvalue weighted by molar-refractivity contribution is 0.0992. The van der Waals surface area contributed by atoms with E-state index in [1.807, 2.05) is 0 Å². The number of aliphatic hydroxyl groups excluding tert-OH is 1. The van der Waals surface area contributed by atoms with Gasteiger partial charge in [0.1, 0.15) is 0 Å². The monoisotopic (exact) mass is 268 g/mol. The fourth-order valence-electron chi connectivity index (χ4n) is 3.73. The van der Waals surface area contributed by atoms with Crippen LogP contribution in [0, 0.1) is 5.92 Å². The second-order valence-corrected chi connectivity index (χ2v) is 6.54. The molecular weight excluding hydrogens is 236 g/mol. The summed E-state index contributed by atoms with van der Waals surface area (Å²) in [6.07, 6.45) is 8.39. The van der Waals surface area contributed by atoms with Gasteiger partial charge in [0, 0.05) is 12.1 Å². The molecule has 1 aliphatic heterocycles. The molecule has 1 saturated heterocycles. The summed E-state index contributed by atoms with van der Waals surface area (Å²) in [5.41, 5.74) is 0. The molecule has 3 nitrogen and oxygen atoms in total. The summed E-state index contributed by atoms with van der Waals surface area (Å²) in [4.78, 5) is 2.55. The second-order valence-electron chi connectivity index (χ2n) is 6.54. The maximum Gasteiger partial charge on any atom is 0.0693 e. The third-order valence-electron chi connectivity index (χ3n) is 5.24. The van der Waals surface area contributed by atoms with Crippen LogP contribution in [0.5, 0.6) is 0 Å². The van der Waals surface area contributed by atoms with Crippen molar-refractivity contribution in [2.75, 3.05) is 19.6 Å². The largest absolute Gasteiger partial charge is 0.392 e. The lowest BCUT2D eigenvalue weighted by atomic mass is 9.89. The first-order valence-electron chi connectivity index (χ1n) is 8.37. The third-order valence-corrected chi connectivity index (χ3v) is 5.24. The van der Waals surface area contributed by atoms with Gasteiger partial charge in [-0.2, -0.15) is 0 Å². The van der Waals surface area contributed by atoms with Crippen molar-refractivity contribution in [2.45, 2.75) is 77.0 Å². The predicted octanol–water partition coefficient (Wildman–Crippen LogP) is 2.39. The van der Waals surface area contributed by atoms with Crippen LogP contribution in [0.15, 0.2) is 0 Å². The van der Waals surface area contributed by atoms with Gasteiger partial charge in [-0.05, 0) is 58.2 Å². The van der Waals surface area contributed by atoms with Gasteiger partial charge >= 0.3 is 0 Å². The first kappa shape index (κ1) is 15.3. The summed E-state index contributed by atoms with van der Waals surface area (Å²) in [5, 5.41) is 13.9. The van der Waals surface area contributed by atoms with Gasteiger partial charge in [0.25, 0.3) is 0 Å². The Morgan fingerprint density at radius 2 is 1.79 bits per heavy atom. The molecule has 1 aliphatic carbocycles. The SMILES string of the molecule is CCN1CCC(C(C)NC2CCCCCC2O)CC1. The molecular formula is C16H32N2O. The van der Waals surface area contributed by atoms with Crippen molar-refractivity contribution >= 4 is 0 Å². The molecule has 19 heavy (non-hydrogen) atoms. The molecule has 3 unspecified atom stereocenters. The Balaban J connectivity index is 1.78. The van der Waals surface area contributed by atoms with Crippen molar-refractivity contribution in [3.63, 3.8) is 0 Å². The van der Waals surface area contributed by atoms with Crippen LogP contribution in [0.1, 0.15) is 58.8 Å². The molecule has 2 rings (SSSR count). The first-order valence-corrected chi connectivity index (χ1v) is 8.37. The van der Waals surface area contributed by atoms with Crippen molar-refractivity contribution < 1.29 is 5.11 Å². The Labute approximate surface area is 118 Å². The molecule has 0 aromatic rings. The van der Waals surface area contributed by atoms with Gasteiger partial charge in [0.15, 0.2) is 0 Å². The molecule has 0 aromatic carbocycles. The fraction of sp³-hybridized carbons (Fsp3) is 1.00. The quantitative estimate of drug-likeness (QED) is 0.769. The van der Waals surface area contributed by atoms with Crippen molar-refractivity contribution in [1.29, 1.82) is 0 Å². The molecule has 3 heteroatoms. The van der Waals surface area contributed by atoms with Gasteiger partial charge in [-0.15, -0.1) is 0 Å². The molecule has 0 bridgehead atoms. The lowest BCUT2D eigenvalue weighted by Crippen LogP contribution is -2.49. The van der Waals surface area contributed by atoms with E-state index in [1.165, 1.54) is 51.7 Å². The average molecular weight is 268 g/mol. The Hall–Kier alpha value is -0.120. The molecule has 1 heterocycles. The molecule has 2 N–H and O–H groups in total. The molecule has 112 valence electrons. The van der Waals surface area contributed by atoms with Gasteiger partial charge in [-0.1, -0.05) is 26.2 Å². The summed E-state index contributed by atoms with van der Waals surface area (Å²) >= 11 is 0. The maximum atomic E-state index is 10.2. The van der Waals surface area contributed by atoms with Crippen molar-refractivity contribution in [2.24, 2.45) is 5.92 Å². The van der Waals surface area contributed by atoms with Crippen LogP contribution in [0.4, 0.5) is 0 Å². The minimum atomic E-state index is -0.124. The molecule has 0 radical (unpaired) electrons. The summed E-state index contributed by atoms with van der Waals surface area (Å²) in [5.74, 6) is 0.790. The average Bonchev–Trinajstić information content (AvgIpc) is 2.64. The molecule has 2 aliphatic rings. The van der Waals surface area contributed by atoms with E-state index in [-0.39, 0.29) is 6.10 Å². The Bertz CT molecular complexity index is 251. The molecule has 1 saturated carbocycles. The van der Waals surface area contributed by atoms with E-state index < -0.39 is 0 Å². The highest BCUT2D eigenvalue weighted by molar-refractivity contribution is 4.85. The first-order chi connectivity index (χ1) is 9.20. The van der Waals surface area contributed by atoms with E-state index in [4.69, 9.17) is 0 Å². The Morgan fingerprint density at radius 3 is 2.47 bits per heavy atom. The minimum absolute atomic E-state index is 0.124. The normalized spacial score (nSPS) is 33.0. The Kier molecular flexibility index (Phi) is 6.11. The zero-order valence-electron chi connectivity index (χ0n) is 12.8. The summed E-state index contributed by atoms with van der Waals surface area (Å²) in [6.45, 7) is 8.27. The van der Waals surface area contributed by atoms with Crippen LogP contribution >= 0.6 is 0 Å². The number of nitrogens with one attached hydrogen (secondary N) is 1. The van der Waals surface area contributed by atoms with E-state index in [0.29, 0.717) is 12.1 Å². The van der Waals surface area contributed by atoms with Crippen molar-refractivity contribution in [3.8, 4) is 0 Å². The fourth-order valence-corrected chi connectivity index (χ4v) is 3.73. The highest BCUT2D eigenvalue weighted by atomic mass is 16.3. The highest BCUT2D eigenvalue weighted by Crippen LogP contribution is 2.23. The highest BCUT2D eigenvalue weighted by Gasteiger charge is 2.28. The summed E-state index contributed by atoms with van der Waals surface area (Å²) in [6, 6.07) is 0.887. The van der Waals surface area contributed by atoms with Crippen LogP contribution < -0.4 is 5.32 Å². The Morgan fingerprint density at radius 1 is 1.11 bits per heavy atom. The van der Waals surface area contributed by atoms with Crippen LogP contribution in [0.2, 0.25) is 0 Å². The van der Waals surface area contributed by atoms with Gasteiger partial charge in [0.05, 0.1) is 6.10 Å². The number of piperidine rings is 1. The molecule has 0 spiro atoms. The molecule has 3 atom stereocenters. The van der Waals surface area contributed by atoms with E-state index in [0.717, 1.165) is 18.8 Å². The number of hydrogen-bond acceptors (Lipinski definition) is 3. The van der Waals surface area contributed by atoms with Crippen LogP contribution in [0.25, 0.3) is 0 Å². The number of hydrogen-bond donors (Lipinski definition) is 2. The number of nitrogens with zero attached hydrogens (tertiary/aromatic N) is 1. The standard InChI is InChI=1S/C16H32N2O/c1-3-18-11-9-14(10-12-18)13(2)17-15-7-5-4-6-8-16(15)19/h13-17,19H,3-12H2,1-2H3. The van der Waals surface area contributed by atoms with E-state index in [2.05, 4.69) is 24.1 Å². The second kappa shape index (κ2) is 7.61.